The zero-order valence-electron chi connectivity index (χ0n) is 18.2. The highest BCUT2D eigenvalue weighted by Crippen LogP contribution is 2.31. The van der Waals surface area contributed by atoms with E-state index in [0.717, 1.165) is 5.56 Å². The maximum Gasteiger partial charge on any atom is 0.319 e. The Morgan fingerprint density at radius 2 is 1.91 bits per heavy atom. The molecule has 0 aliphatic heterocycles. The fraction of sp³-hybridized carbons (Fsp3) is 0.174. The van der Waals surface area contributed by atoms with E-state index in [1.54, 1.807) is 18.2 Å². The summed E-state index contributed by atoms with van der Waals surface area (Å²) in [6, 6.07) is 10.0. The molecule has 0 spiro atoms. The van der Waals surface area contributed by atoms with Crippen LogP contribution in [0.1, 0.15) is 21.6 Å². The Kier molecular flexibility index (Phi) is 7.68. The minimum Gasteiger partial charge on any atom is -0.495 e. The number of pyridine rings is 1. The second kappa shape index (κ2) is 10.6. The van der Waals surface area contributed by atoms with Gasteiger partial charge in [0.05, 0.1) is 12.8 Å². The van der Waals surface area contributed by atoms with Crippen LogP contribution in [0.15, 0.2) is 48.7 Å². The molecule has 0 unspecified atom stereocenters. The molecule has 0 radical (unpaired) electrons. The number of nitrogens with zero attached hydrogens (tertiary/aromatic N) is 1. The number of aryl methyl sites for hydroxylation is 1. The van der Waals surface area contributed by atoms with Crippen molar-refractivity contribution in [3.8, 4) is 17.2 Å². The Morgan fingerprint density at radius 3 is 2.61 bits per heavy atom. The summed E-state index contributed by atoms with van der Waals surface area (Å²) in [6.45, 7) is 1.90. The minimum atomic E-state index is -0.625. The smallest absolute Gasteiger partial charge is 0.319 e. The lowest BCUT2D eigenvalue weighted by molar-refractivity contribution is 0.0958. The molecule has 1 aromatic heterocycles. The van der Waals surface area contributed by atoms with Crippen LogP contribution in [-0.2, 0) is 6.54 Å². The van der Waals surface area contributed by atoms with Gasteiger partial charge in [-0.2, -0.15) is 0 Å². The van der Waals surface area contributed by atoms with Crippen LogP contribution in [-0.4, -0.2) is 31.1 Å². The van der Waals surface area contributed by atoms with Gasteiger partial charge in [0, 0.05) is 30.9 Å². The molecular weight excluding hydrogens is 451 g/mol. The fourth-order valence-electron chi connectivity index (χ4n) is 2.86. The van der Waals surface area contributed by atoms with Gasteiger partial charge in [-0.1, -0.05) is 17.7 Å². The molecule has 0 atom stereocenters. The zero-order chi connectivity index (χ0) is 24.0. The summed E-state index contributed by atoms with van der Waals surface area (Å²) < 4.78 is 25.3. The number of rotatable bonds is 7. The van der Waals surface area contributed by atoms with Gasteiger partial charge in [0.1, 0.15) is 17.2 Å². The van der Waals surface area contributed by atoms with Crippen molar-refractivity contribution in [2.75, 3.05) is 19.5 Å². The van der Waals surface area contributed by atoms with Gasteiger partial charge in [0.25, 0.3) is 5.91 Å². The van der Waals surface area contributed by atoms with Gasteiger partial charge in [-0.05, 0) is 48.4 Å². The summed E-state index contributed by atoms with van der Waals surface area (Å²) in [7, 11) is 2.97. The average Bonchev–Trinajstić information content (AvgIpc) is 2.81. The summed E-state index contributed by atoms with van der Waals surface area (Å²) in [6.07, 6.45) is 1.39. The van der Waals surface area contributed by atoms with Crippen molar-refractivity contribution < 1.29 is 23.5 Å². The van der Waals surface area contributed by atoms with Crippen LogP contribution in [0.25, 0.3) is 0 Å². The Bertz CT molecular complexity index is 1190. The van der Waals surface area contributed by atoms with Gasteiger partial charge in [0.2, 0.25) is 0 Å². The van der Waals surface area contributed by atoms with Crippen LogP contribution in [0.4, 0.5) is 14.9 Å². The highest BCUT2D eigenvalue weighted by Gasteiger charge is 2.12. The van der Waals surface area contributed by atoms with Crippen molar-refractivity contribution in [2.45, 2.75) is 13.5 Å². The third kappa shape index (κ3) is 6.11. The standard InChI is InChI=1S/C23H22ClFN4O4/c1-13-8-21(32-3)18(11-16(13)24)29-23(31)28-12-14-4-5-20(17(25)9-14)33-15-6-7-27-19(10-15)22(30)26-2/h4-11H,12H2,1-3H3,(H,26,30)(H2,28,29,31). The predicted molar refractivity (Wildman–Crippen MR) is 123 cm³/mol. The SMILES string of the molecule is CNC(=O)c1cc(Oc2ccc(CNC(=O)Nc3cc(Cl)c(C)cc3OC)cc2F)ccn1. The lowest BCUT2D eigenvalue weighted by Crippen LogP contribution is -2.28. The van der Waals surface area contributed by atoms with Gasteiger partial charge in [0.15, 0.2) is 11.6 Å². The van der Waals surface area contributed by atoms with E-state index in [-0.39, 0.29) is 29.6 Å². The van der Waals surface area contributed by atoms with Gasteiger partial charge in [-0.15, -0.1) is 0 Å². The normalized spacial score (nSPS) is 10.3. The van der Waals surface area contributed by atoms with Crippen LogP contribution in [0.5, 0.6) is 17.2 Å². The van der Waals surface area contributed by atoms with E-state index in [2.05, 4.69) is 20.9 Å². The van der Waals surface area contributed by atoms with Crippen molar-refractivity contribution in [3.05, 3.63) is 76.3 Å². The molecular formula is C23H22ClFN4O4. The Morgan fingerprint density at radius 1 is 1.12 bits per heavy atom. The van der Waals surface area contributed by atoms with Crippen LogP contribution >= 0.6 is 11.6 Å². The molecule has 10 heteroatoms. The van der Waals surface area contributed by atoms with E-state index < -0.39 is 11.8 Å². The topological polar surface area (TPSA) is 102 Å². The molecule has 0 saturated carbocycles. The second-order valence-corrected chi connectivity index (χ2v) is 7.34. The number of carbonyl (C=O) groups excluding carboxylic acids is 2. The Balaban J connectivity index is 1.62. The summed E-state index contributed by atoms with van der Waals surface area (Å²) in [5.74, 6) is -0.309. The minimum absolute atomic E-state index is 0.0312. The summed E-state index contributed by atoms with van der Waals surface area (Å²) in [5.41, 5.74) is 1.89. The molecule has 3 amide bonds. The highest BCUT2D eigenvalue weighted by molar-refractivity contribution is 6.31. The average molecular weight is 473 g/mol. The van der Waals surface area contributed by atoms with E-state index >= 15 is 0 Å². The lowest BCUT2D eigenvalue weighted by Gasteiger charge is -2.13. The first-order valence-electron chi connectivity index (χ1n) is 9.84. The number of anilines is 1. The van der Waals surface area contributed by atoms with Gasteiger partial charge in [-0.25, -0.2) is 9.18 Å². The van der Waals surface area contributed by atoms with E-state index in [4.69, 9.17) is 21.1 Å². The van der Waals surface area contributed by atoms with Gasteiger partial charge in [-0.3, -0.25) is 9.78 Å². The zero-order valence-corrected chi connectivity index (χ0v) is 18.9. The van der Waals surface area contributed by atoms with Crippen molar-refractivity contribution in [1.82, 2.24) is 15.6 Å². The van der Waals surface area contributed by atoms with E-state index in [9.17, 15) is 14.0 Å². The van der Waals surface area contributed by atoms with Crippen molar-refractivity contribution in [2.24, 2.45) is 0 Å². The molecule has 8 nitrogen and oxygen atoms in total. The number of benzene rings is 2. The van der Waals surface area contributed by atoms with Crippen LogP contribution in [0, 0.1) is 12.7 Å². The third-order valence-electron chi connectivity index (χ3n) is 4.60. The van der Waals surface area contributed by atoms with Crippen LogP contribution in [0.3, 0.4) is 0 Å². The number of methoxy groups -OCH3 is 1. The maximum absolute atomic E-state index is 14.5. The first-order chi connectivity index (χ1) is 15.8. The molecule has 0 fully saturated rings. The number of amides is 3. The predicted octanol–water partition coefficient (Wildman–Crippen LogP) is 4.66. The molecule has 0 saturated heterocycles. The largest absolute Gasteiger partial charge is 0.495 e. The molecule has 0 aliphatic rings. The van der Waals surface area contributed by atoms with E-state index in [1.807, 2.05) is 6.92 Å². The number of hydrogen-bond donors (Lipinski definition) is 3. The van der Waals surface area contributed by atoms with Gasteiger partial charge < -0.3 is 25.4 Å². The molecule has 1 heterocycles. The van der Waals surface area contributed by atoms with E-state index in [1.165, 1.54) is 44.6 Å². The maximum atomic E-state index is 14.5. The van der Waals surface area contributed by atoms with E-state index in [0.29, 0.717) is 22.0 Å². The quantitative estimate of drug-likeness (QED) is 0.464. The molecule has 33 heavy (non-hydrogen) atoms. The highest BCUT2D eigenvalue weighted by atomic mass is 35.5. The first-order valence-corrected chi connectivity index (χ1v) is 10.2. The third-order valence-corrected chi connectivity index (χ3v) is 5.00. The number of hydrogen-bond acceptors (Lipinski definition) is 5. The van der Waals surface area contributed by atoms with Crippen LogP contribution < -0.4 is 25.4 Å². The molecule has 3 rings (SSSR count). The lowest BCUT2D eigenvalue weighted by atomic mass is 10.2. The Labute approximate surface area is 195 Å². The molecule has 3 N–H and O–H groups in total. The first kappa shape index (κ1) is 23.8. The molecule has 3 aromatic rings. The molecule has 2 aromatic carbocycles. The van der Waals surface area contributed by atoms with Crippen molar-refractivity contribution in [3.63, 3.8) is 0 Å². The Hall–Kier alpha value is -3.85. The molecule has 0 bridgehead atoms. The number of urea groups is 1. The second-order valence-electron chi connectivity index (χ2n) is 6.93. The molecule has 0 aliphatic carbocycles. The number of halogens is 2. The summed E-state index contributed by atoms with van der Waals surface area (Å²) >= 11 is 6.12. The van der Waals surface area contributed by atoms with Crippen molar-refractivity contribution in [1.29, 1.82) is 0 Å². The van der Waals surface area contributed by atoms with Crippen molar-refractivity contribution >= 4 is 29.2 Å². The van der Waals surface area contributed by atoms with Crippen LogP contribution in [0.2, 0.25) is 5.02 Å². The number of carbonyl (C=O) groups is 2. The number of ether oxygens (including phenoxy) is 2. The monoisotopic (exact) mass is 472 g/mol. The fourth-order valence-corrected chi connectivity index (χ4v) is 3.03. The molecule has 172 valence electrons. The summed E-state index contributed by atoms with van der Waals surface area (Å²) in [4.78, 5) is 27.9. The summed E-state index contributed by atoms with van der Waals surface area (Å²) in [5, 5.41) is 8.25. The van der Waals surface area contributed by atoms with Gasteiger partial charge >= 0.3 is 6.03 Å². The number of aromatic nitrogens is 1. The number of nitrogens with one attached hydrogen (secondary N) is 3.